The van der Waals surface area contributed by atoms with Crippen LogP contribution in [0.15, 0.2) is 45.7 Å². The first kappa shape index (κ1) is 21.5. The summed E-state index contributed by atoms with van der Waals surface area (Å²) in [4.78, 5) is 15.0. The summed E-state index contributed by atoms with van der Waals surface area (Å²) in [6.07, 6.45) is 0. The van der Waals surface area contributed by atoms with Crippen molar-refractivity contribution in [3.63, 3.8) is 0 Å². The molecular weight excluding hydrogens is 394 g/mol. The predicted molar refractivity (Wildman–Crippen MR) is 108 cm³/mol. The Morgan fingerprint density at radius 2 is 1.79 bits per heavy atom. The van der Waals surface area contributed by atoms with Crippen LogP contribution in [0.25, 0.3) is 0 Å². The summed E-state index contributed by atoms with van der Waals surface area (Å²) in [6.45, 7) is 5.08. The van der Waals surface area contributed by atoms with Crippen molar-refractivity contribution >= 4 is 15.9 Å². The third kappa shape index (κ3) is 5.05. The second-order valence-corrected chi connectivity index (χ2v) is 9.29. The number of hydrogen-bond acceptors (Lipinski definition) is 6. The number of aryl methyl sites for hydroxylation is 1. The largest absolute Gasteiger partial charge is 0.465 e. The summed E-state index contributed by atoms with van der Waals surface area (Å²) < 4.78 is 36.7. The zero-order chi connectivity index (χ0) is 21.0. The summed E-state index contributed by atoms with van der Waals surface area (Å²) in [5.74, 6) is 1.36. The summed E-state index contributed by atoms with van der Waals surface area (Å²) in [5.41, 5.74) is 0.402. The molecule has 1 aromatic carbocycles. The molecule has 0 spiro atoms. The van der Waals surface area contributed by atoms with E-state index in [0.717, 1.165) is 28.9 Å². The van der Waals surface area contributed by atoms with Crippen LogP contribution in [0.1, 0.15) is 27.9 Å². The quantitative estimate of drug-likeness (QED) is 0.731. The van der Waals surface area contributed by atoms with E-state index < -0.39 is 10.0 Å². The lowest BCUT2D eigenvalue weighted by atomic mass is 10.1. The molecule has 1 saturated heterocycles. The molecule has 1 fully saturated rings. The number of hydrogen-bond donors (Lipinski definition) is 1. The van der Waals surface area contributed by atoms with Crippen molar-refractivity contribution in [1.82, 2.24) is 14.5 Å². The second kappa shape index (κ2) is 9.08. The Balaban J connectivity index is 1.70. The van der Waals surface area contributed by atoms with Crippen LogP contribution >= 0.6 is 0 Å². The van der Waals surface area contributed by atoms with Crippen LogP contribution in [0.2, 0.25) is 0 Å². The van der Waals surface area contributed by atoms with E-state index in [1.54, 1.807) is 0 Å². The first-order valence-electron chi connectivity index (χ1n) is 9.48. The molecular formula is C20H27N3O5S. The van der Waals surface area contributed by atoms with Gasteiger partial charge in [-0.15, -0.1) is 0 Å². The van der Waals surface area contributed by atoms with Crippen molar-refractivity contribution in [2.75, 3.05) is 46.9 Å². The van der Waals surface area contributed by atoms with Crippen LogP contribution < -0.4 is 5.32 Å². The Hall–Kier alpha value is -2.20. The molecule has 1 atom stereocenters. The van der Waals surface area contributed by atoms with Crippen molar-refractivity contribution in [3.8, 4) is 0 Å². The van der Waals surface area contributed by atoms with Gasteiger partial charge in [0.2, 0.25) is 10.0 Å². The SMILES string of the molecule is Cc1ccc(C(CNC(=O)c2ccc(S(=O)(=O)N(C)C)cc2)N2CCOCC2)o1. The van der Waals surface area contributed by atoms with E-state index in [0.29, 0.717) is 25.3 Å². The number of furan rings is 1. The average Bonchev–Trinajstić information content (AvgIpc) is 3.14. The van der Waals surface area contributed by atoms with Gasteiger partial charge in [0.15, 0.2) is 0 Å². The first-order valence-corrected chi connectivity index (χ1v) is 10.9. The molecule has 29 heavy (non-hydrogen) atoms. The molecule has 0 saturated carbocycles. The number of benzene rings is 1. The van der Waals surface area contributed by atoms with E-state index in [-0.39, 0.29) is 16.8 Å². The smallest absolute Gasteiger partial charge is 0.251 e. The molecule has 2 heterocycles. The first-order chi connectivity index (χ1) is 13.8. The molecule has 1 N–H and O–H groups in total. The van der Waals surface area contributed by atoms with Gasteiger partial charge in [-0.05, 0) is 43.3 Å². The fraction of sp³-hybridized carbons (Fsp3) is 0.450. The third-order valence-corrected chi connectivity index (χ3v) is 6.76. The number of carbonyl (C=O) groups is 1. The Morgan fingerprint density at radius 1 is 1.14 bits per heavy atom. The van der Waals surface area contributed by atoms with Crippen molar-refractivity contribution in [3.05, 3.63) is 53.5 Å². The van der Waals surface area contributed by atoms with Gasteiger partial charge in [-0.25, -0.2) is 12.7 Å². The molecule has 9 heteroatoms. The highest BCUT2D eigenvalue weighted by molar-refractivity contribution is 7.89. The molecule has 158 valence electrons. The van der Waals surface area contributed by atoms with Crippen LogP contribution in [0.3, 0.4) is 0 Å². The number of rotatable bonds is 7. The lowest BCUT2D eigenvalue weighted by molar-refractivity contribution is 0.0117. The van der Waals surface area contributed by atoms with Crippen molar-refractivity contribution in [2.24, 2.45) is 0 Å². The van der Waals surface area contributed by atoms with Crippen LogP contribution in [0, 0.1) is 6.92 Å². The zero-order valence-electron chi connectivity index (χ0n) is 16.9. The van der Waals surface area contributed by atoms with Gasteiger partial charge in [0.25, 0.3) is 5.91 Å². The highest BCUT2D eigenvalue weighted by Crippen LogP contribution is 2.23. The molecule has 1 unspecified atom stereocenters. The highest BCUT2D eigenvalue weighted by Gasteiger charge is 2.26. The van der Waals surface area contributed by atoms with Gasteiger partial charge in [0.1, 0.15) is 11.5 Å². The second-order valence-electron chi connectivity index (χ2n) is 7.13. The lowest BCUT2D eigenvalue weighted by Gasteiger charge is -2.33. The zero-order valence-corrected chi connectivity index (χ0v) is 17.7. The maximum absolute atomic E-state index is 12.6. The van der Waals surface area contributed by atoms with Crippen LogP contribution in [-0.4, -0.2) is 70.5 Å². The van der Waals surface area contributed by atoms with Gasteiger partial charge in [-0.2, -0.15) is 0 Å². The van der Waals surface area contributed by atoms with E-state index in [1.165, 1.54) is 38.4 Å². The summed E-state index contributed by atoms with van der Waals surface area (Å²) in [5, 5.41) is 2.94. The Bertz CT molecular complexity index is 931. The molecule has 1 aromatic heterocycles. The molecule has 1 amide bonds. The van der Waals surface area contributed by atoms with Gasteiger partial charge in [0, 0.05) is 39.3 Å². The normalized spacial score (nSPS) is 16.7. The Labute approximate surface area is 171 Å². The summed E-state index contributed by atoms with van der Waals surface area (Å²) in [7, 11) is -0.582. The van der Waals surface area contributed by atoms with Crippen molar-refractivity contribution in [1.29, 1.82) is 0 Å². The molecule has 1 aliphatic heterocycles. The molecule has 3 rings (SSSR count). The summed E-state index contributed by atoms with van der Waals surface area (Å²) in [6, 6.07) is 9.68. The number of sulfonamides is 1. The molecule has 0 bridgehead atoms. The fourth-order valence-corrected chi connectivity index (χ4v) is 4.11. The lowest BCUT2D eigenvalue weighted by Crippen LogP contribution is -2.43. The van der Waals surface area contributed by atoms with Gasteiger partial charge < -0.3 is 14.5 Å². The van der Waals surface area contributed by atoms with E-state index in [4.69, 9.17) is 9.15 Å². The van der Waals surface area contributed by atoms with E-state index in [2.05, 4.69) is 10.2 Å². The van der Waals surface area contributed by atoms with Crippen LogP contribution in [-0.2, 0) is 14.8 Å². The maximum Gasteiger partial charge on any atom is 0.251 e. The average molecular weight is 422 g/mol. The minimum Gasteiger partial charge on any atom is -0.465 e. The topological polar surface area (TPSA) is 92.1 Å². The standard InChI is InChI=1S/C20H27N3O5S/c1-15-4-9-19(28-15)18(23-10-12-27-13-11-23)14-21-20(24)16-5-7-17(8-6-16)29(25,26)22(2)3/h4-9,18H,10-14H2,1-3H3,(H,21,24). The van der Waals surface area contributed by atoms with E-state index in [9.17, 15) is 13.2 Å². The number of nitrogens with zero attached hydrogens (tertiary/aromatic N) is 2. The summed E-state index contributed by atoms with van der Waals surface area (Å²) >= 11 is 0. The Morgan fingerprint density at radius 3 is 2.34 bits per heavy atom. The van der Waals surface area contributed by atoms with Crippen molar-refractivity contribution < 1.29 is 22.4 Å². The van der Waals surface area contributed by atoms with Gasteiger partial charge in [0.05, 0.1) is 24.2 Å². The molecule has 0 radical (unpaired) electrons. The highest BCUT2D eigenvalue weighted by atomic mass is 32.2. The van der Waals surface area contributed by atoms with Gasteiger partial charge in [-0.3, -0.25) is 9.69 Å². The molecule has 1 aliphatic rings. The number of amides is 1. The van der Waals surface area contributed by atoms with E-state index in [1.807, 2.05) is 19.1 Å². The maximum atomic E-state index is 12.6. The Kier molecular flexibility index (Phi) is 6.74. The van der Waals surface area contributed by atoms with E-state index >= 15 is 0 Å². The molecule has 8 nitrogen and oxygen atoms in total. The number of ether oxygens (including phenoxy) is 1. The monoisotopic (exact) mass is 421 g/mol. The third-order valence-electron chi connectivity index (χ3n) is 4.93. The fourth-order valence-electron chi connectivity index (χ4n) is 3.21. The minimum absolute atomic E-state index is 0.0926. The predicted octanol–water partition coefficient (Wildman–Crippen LogP) is 1.64. The van der Waals surface area contributed by atoms with Gasteiger partial charge in [-0.1, -0.05) is 0 Å². The number of nitrogens with one attached hydrogen (secondary N) is 1. The number of morpholine rings is 1. The van der Waals surface area contributed by atoms with Crippen LogP contribution in [0.4, 0.5) is 0 Å². The molecule has 0 aliphatic carbocycles. The van der Waals surface area contributed by atoms with Crippen molar-refractivity contribution in [2.45, 2.75) is 17.9 Å². The van der Waals surface area contributed by atoms with Gasteiger partial charge >= 0.3 is 0 Å². The molecule has 2 aromatic rings. The minimum atomic E-state index is -3.52. The van der Waals surface area contributed by atoms with Crippen LogP contribution in [0.5, 0.6) is 0 Å². The number of carbonyl (C=O) groups excluding carboxylic acids is 1.